The van der Waals surface area contributed by atoms with Crippen molar-refractivity contribution in [2.45, 2.75) is 32.4 Å². The van der Waals surface area contributed by atoms with Crippen LogP contribution in [0.2, 0.25) is 0 Å². The Morgan fingerprint density at radius 3 is 2.27 bits per heavy atom. The Hall–Kier alpha value is -2.16. The molecule has 0 saturated heterocycles. The van der Waals surface area contributed by atoms with Crippen molar-refractivity contribution in [3.63, 3.8) is 0 Å². The van der Waals surface area contributed by atoms with E-state index >= 15 is 0 Å². The average molecular weight is 347 g/mol. The summed E-state index contributed by atoms with van der Waals surface area (Å²) in [6.07, 6.45) is 1.08. The summed E-state index contributed by atoms with van der Waals surface area (Å²) in [5.41, 5.74) is 2.78. The first-order valence-corrected chi connectivity index (χ1v) is 9.61. The van der Waals surface area contributed by atoms with Crippen molar-refractivity contribution in [1.82, 2.24) is 10.6 Å². The van der Waals surface area contributed by atoms with E-state index in [9.17, 15) is 0 Å². The maximum absolute atomic E-state index is 3.79. The fourth-order valence-electron chi connectivity index (χ4n) is 3.64. The lowest BCUT2D eigenvalue weighted by Crippen LogP contribution is -2.39. The number of rotatable bonds is 8. The molecule has 0 aliphatic carbocycles. The minimum Gasteiger partial charge on any atom is -0.317 e. The number of benzene rings is 3. The Balaban J connectivity index is 1.71. The first-order valence-electron chi connectivity index (χ1n) is 9.61. The molecule has 0 saturated carbocycles. The molecule has 2 N–H and O–H groups in total. The van der Waals surface area contributed by atoms with Gasteiger partial charge in [-0.05, 0) is 55.1 Å². The van der Waals surface area contributed by atoms with Crippen LogP contribution in [0.4, 0.5) is 0 Å². The van der Waals surface area contributed by atoms with Crippen molar-refractivity contribution >= 4 is 10.8 Å². The van der Waals surface area contributed by atoms with Crippen molar-refractivity contribution in [2.24, 2.45) is 5.92 Å². The van der Waals surface area contributed by atoms with Crippen LogP contribution in [-0.4, -0.2) is 19.6 Å². The van der Waals surface area contributed by atoms with E-state index in [1.807, 2.05) is 0 Å². The lowest BCUT2D eigenvalue weighted by molar-refractivity contribution is 0.357. The van der Waals surface area contributed by atoms with E-state index < -0.39 is 0 Å². The summed E-state index contributed by atoms with van der Waals surface area (Å²) >= 11 is 0. The van der Waals surface area contributed by atoms with Crippen LogP contribution < -0.4 is 10.6 Å². The summed E-state index contributed by atoms with van der Waals surface area (Å²) in [7, 11) is 2.05. The van der Waals surface area contributed by atoms with Gasteiger partial charge in [-0.2, -0.15) is 0 Å². The standard InChI is InChI=1S/C24H30N2/c1-18(25-3)22(16-20-10-5-4-6-11-20)17-26-19(2)23-15-9-13-21-12-7-8-14-24(21)23/h4-15,18-19,22,25-26H,16-17H2,1-3H3. The fraction of sp³-hybridized carbons (Fsp3) is 0.333. The van der Waals surface area contributed by atoms with Crippen molar-refractivity contribution in [3.05, 3.63) is 83.9 Å². The Kier molecular flexibility index (Phi) is 6.43. The highest BCUT2D eigenvalue weighted by Crippen LogP contribution is 2.24. The highest BCUT2D eigenvalue weighted by Gasteiger charge is 2.18. The Labute approximate surface area is 157 Å². The molecule has 3 rings (SSSR count). The quantitative estimate of drug-likeness (QED) is 0.602. The van der Waals surface area contributed by atoms with Gasteiger partial charge in [0, 0.05) is 18.6 Å². The zero-order valence-electron chi connectivity index (χ0n) is 16.1. The van der Waals surface area contributed by atoms with Gasteiger partial charge in [-0.15, -0.1) is 0 Å². The molecule has 0 aliphatic heterocycles. The van der Waals surface area contributed by atoms with Gasteiger partial charge in [0.1, 0.15) is 0 Å². The van der Waals surface area contributed by atoms with E-state index in [0.717, 1.165) is 13.0 Å². The molecule has 0 fully saturated rings. The third kappa shape index (κ3) is 4.51. The summed E-state index contributed by atoms with van der Waals surface area (Å²) in [6, 6.07) is 26.8. The molecule has 136 valence electrons. The van der Waals surface area contributed by atoms with E-state index in [2.05, 4.69) is 104 Å². The second kappa shape index (κ2) is 8.98. The minimum absolute atomic E-state index is 0.323. The van der Waals surface area contributed by atoms with E-state index in [0.29, 0.717) is 18.0 Å². The van der Waals surface area contributed by atoms with Gasteiger partial charge in [-0.1, -0.05) is 72.8 Å². The smallest absolute Gasteiger partial charge is 0.0298 e. The highest BCUT2D eigenvalue weighted by molar-refractivity contribution is 5.86. The van der Waals surface area contributed by atoms with Crippen molar-refractivity contribution in [2.75, 3.05) is 13.6 Å². The van der Waals surface area contributed by atoms with Gasteiger partial charge in [-0.3, -0.25) is 0 Å². The molecular weight excluding hydrogens is 316 g/mol. The molecule has 3 aromatic rings. The summed E-state index contributed by atoms with van der Waals surface area (Å²) in [6.45, 7) is 5.53. The Morgan fingerprint density at radius 2 is 1.50 bits per heavy atom. The lowest BCUT2D eigenvalue weighted by Gasteiger charge is -2.26. The second-order valence-electron chi connectivity index (χ2n) is 7.23. The van der Waals surface area contributed by atoms with Crippen LogP contribution in [0.1, 0.15) is 31.0 Å². The molecule has 0 radical (unpaired) electrons. The summed E-state index contributed by atoms with van der Waals surface area (Å²) in [5.74, 6) is 0.542. The predicted octanol–water partition coefficient (Wildman–Crippen LogP) is 4.96. The molecule has 3 unspecified atom stereocenters. The van der Waals surface area contributed by atoms with Gasteiger partial charge in [0.25, 0.3) is 0 Å². The SMILES string of the molecule is CNC(C)C(CNC(C)c1cccc2ccccc12)Cc1ccccc1. The summed E-state index contributed by atoms with van der Waals surface area (Å²) in [4.78, 5) is 0. The van der Waals surface area contributed by atoms with E-state index in [1.165, 1.54) is 21.9 Å². The molecule has 26 heavy (non-hydrogen) atoms. The van der Waals surface area contributed by atoms with Gasteiger partial charge >= 0.3 is 0 Å². The van der Waals surface area contributed by atoms with Crippen molar-refractivity contribution in [3.8, 4) is 0 Å². The normalized spacial score (nSPS) is 14.9. The molecule has 2 nitrogen and oxygen atoms in total. The van der Waals surface area contributed by atoms with E-state index in [1.54, 1.807) is 0 Å². The number of nitrogens with one attached hydrogen (secondary N) is 2. The van der Waals surface area contributed by atoms with Crippen LogP contribution in [0, 0.1) is 5.92 Å². The van der Waals surface area contributed by atoms with Crippen LogP contribution in [0.3, 0.4) is 0 Å². The van der Waals surface area contributed by atoms with Crippen LogP contribution in [0.25, 0.3) is 10.8 Å². The topological polar surface area (TPSA) is 24.1 Å². The van der Waals surface area contributed by atoms with Crippen LogP contribution in [0.5, 0.6) is 0 Å². The monoisotopic (exact) mass is 346 g/mol. The molecule has 0 aromatic heterocycles. The fourth-order valence-corrected chi connectivity index (χ4v) is 3.64. The molecule has 0 heterocycles. The summed E-state index contributed by atoms with van der Waals surface area (Å²) in [5, 5.41) is 9.88. The molecule has 0 aliphatic rings. The molecule has 2 heteroatoms. The zero-order valence-corrected chi connectivity index (χ0v) is 16.1. The molecular formula is C24H30N2. The average Bonchev–Trinajstić information content (AvgIpc) is 2.70. The van der Waals surface area contributed by atoms with Crippen LogP contribution in [-0.2, 0) is 6.42 Å². The van der Waals surface area contributed by atoms with Gasteiger partial charge in [0.2, 0.25) is 0 Å². The molecule has 0 spiro atoms. The number of hydrogen-bond donors (Lipinski definition) is 2. The highest BCUT2D eigenvalue weighted by atomic mass is 14.9. The van der Waals surface area contributed by atoms with Crippen LogP contribution in [0.15, 0.2) is 72.8 Å². The Morgan fingerprint density at radius 1 is 0.808 bits per heavy atom. The largest absolute Gasteiger partial charge is 0.317 e. The first kappa shape index (κ1) is 18.6. The second-order valence-corrected chi connectivity index (χ2v) is 7.23. The molecule has 0 amide bonds. The number of fused-ring (bicyclic) bond motifs is 1. The maximum Gasteiger partial charge on any atom is 0.0298 e. The Bertz CT molecular complexity index is 807. The minimum atomic E-state index is 0.323. The van der Waals surface area contributed by atoms with Gasteiger partial charge in [0.15, 0.2) is 0 Å². The van der Waals surface area contributed by atoms with Gasteiger partial charge in [0.05, 0.1) is 0 Å². The lowest BCUT2D eigenvalue weighted by atomic mass is 9.92. The van der Waals surface area contributed by atoms with Gasteiger partial charge in [-0.25, -0.2) is 0 Å². The molecule has 3 atom stereocenters. The third-order valence-corrected chi connectivity index (χ3v) is 5.48. The molecule has 0 bridgehead atoms. The third-order valence-electron chi connectivity index (χ3n) is 5.48. The van der Waals surface area contributed by atoms with Gasteiger partial charge < -0.3 is 10.6 Å². The molecule has 3 aromatic carbocycles. The van der Waals surface area contributed by atoms with Crippen LogP contribution >= 0.6 is 0 Å². The van der Waals surface area contributed by atoms with Crippen molar-refractivity contribution in [1.29, 1.82) is 0 Å². The maximum atomic E-state index is 3.79. The first-order chi connectivity index (χ1) is 12.7. The van der Waals surface area contributed by atoms with E-state index in [4.69, 9.17) is 0 Å². The van der Waals surface area contributed by atoms with E-state index in [-0.39, 0.29) is 0 Å². The predicted molar refractivity (Wildman–Crippen MR) is 113 cm³/mol. The zero-order chi connectivity index (χ0) is 18.4. The number of hydrogen-bond acceptors (Lipinski definition) is 2. The summed E-state index contributed by atoms with van der Waals surface area (Å²) < 4.78 is 0. The van der Waals surface area contributed by atoms with Crippen molar-refractivity contribution < 1.29 is 0 Å².